The van der Waals surface area contributed by atoms with Crippen LogP contribution in [0.15, 0.2) is 0 Å². The smallest absolute Gasteiger partial charge is 0.0611 e. The van der Waals surface area contributed by atoms with Gasteiger partial charge in [-0.3, -0.25) is 0 Å². The average molecular weight is 256 g/mol. The number of aliphatic hydroxyl groups is 1. The van der Waals surface area contributed by atoms with Crippen molar-refractivity contribution in [3.8, 4) is 0 Å². The highest BCUT2D eigenvalue weighted by Crippen LogP contribution is 2.33. The molecule has 0 radical (unpaired) electrons. The minimum atomic E-state index is -0.353. The molecule has 1 aliphatic heterocycles. The maximum Gasteiger partial charge on any atom is 0.0611 e. The third kappa shape index (κ3) is 4.52. The quantitative estimate of drug-likeness (QED) is 0.735. The fraction of sp³-hybridized carbons (Fsp3) is 1.00. The number of aliphatic hydroxyl groups excluding tert-OH is 1. The number of piperidine rings is 1. The van der Waals surface area contributed by atoms with E-state index in [-0.39, 0.29) is 12.1 Å². The lowest BCUT2D eigenvalue weighted by Crippen LogP contribution is -2.44. The molecule has 0 aliphatic carbocycles. The Labute approximate surface area is 113 Å². The van der Waals surface area contributed by atoms with Crippen molar-refractivity contribution in [2.45, 2.75) is 64.8 Å². The molecule has 0 saturated carbocycles. The molecule has 18 heavy (non-hydrogen) atoms. The first-order valence-corrected chi connectivity index (χ1v) is 7.59. The summed E-state index contributed by atoms with van der Waals surface area (Å²) in [7, 11) is 0. The van der Waals surface area contributed by atoms with E-state index in [1.165, 1.54) is 32.4 Å². The summed E-state index contributed by atoms with van der Waals surface area (Å²) in [5, 5.41) is 9.28. The Bertz CT molecular complexity index is 231. The molecule has 1 unspecified atom stereocenters. The average Bonchev–Trinajstić information content (AvgIpc) is 2.41. The highest BCUT2D eigenvalue weighted by atomic mass is 16.3. The first kappa shape index (κ1) is 15.9. The van der Waals surface area contributed by atoms with Crippen LogP contribution in [-0.2, 0) is 0 Å². The summed E-state index contributed by atoms with van der Waals surface area (Å²) < 4.78 is 0. The van der Waals surface area contributed by atoms with Gasteiger partial charge in [0.05, 0.1) is 6.61 Å². The van der Waals surface area contributed by atoms with Crippen LogP contribution in [0.4, 0.5) is 0 Å². The standard InChI is InChI=1S/C15H32N2O/c1-4-14(3)8-11-17(12-9-14)10-6-7-15(16,5-2)13-18/h18H,4-13,16H2,1-3H3. The molecule has 1 fully saturated rings. The van der Waals surface area contributed by atoms with Gasteiger partial charge < -0.3 is 15.7 Å². The Hall–Kier alpha value is -0.120. The van der Waals surface area contributed by atoms with Crippen LogP contribution in [-0.4, -0.2) is 41.8 Å². The Morgan fingerprint density at radius 2 is 1.89 bits per heavy atom. The van der Waals surface area contributed by atoms with E-state index >= 15 is 0 Å². The molecule has 3 heteroatoms. The lowest BCUT2D eigenvalue weighted by Gasteiger charge is -2.39. The molecule has 1 heterocycles. The Morgan fingerprint density at radius 3 is 2.33 bits per heavy atom. The molecule has 0 spiro atoms. The maximum absolute atomic E-state index is 9.28. The SMILES string of the molecule is CCC1(C)CCN(CCCC(N)(CC)CO)CC1. The van der Waals surface area contributed by atoms with E-state index in [2.05, 4.69) is 25.7 Å². The molecule has 1 saturated heterocycles. The molecule has 0 aromatic heterocycles. The number of likely N-dealkylation sites (tertiary alicyclic amines) is 1. The summed E-state index contributed by atoms with van der Waals surface area (Å²) in [4.78, 5) is 2.56. The number of rotatable bonds is 7. The van der Waals surface area contributed by atoms with Gasteiger partial charge in [-0.2, -0.15) is 0 Å². The second-order valence-electron chi connectivity index (χ2n) is 6.48. The van der Waals surface area contributed by atoms with E-state index in [4.69, 9.17) is 5.73 Å². The predicted octanol–water partition coefficient (Wildman–Crippen LogP) is 2.38. The maximum atomic E-state index is 9.28. The van der Waals surface area contributed by atoms with E-state index in [0.717, 1.165) is 25.8 Å². The predicted molar refractivity (Wildman–Crippen MR) is 77.6 cm³/mol. The van der Waals surface area contributed by atoms with Gasteiger partial charge in [-0.05, 0) is 57.2 Å². The lowest BCUT2D eigenvalue weighted by molar-refractivity contribution is 0.108. The van der Waals surface area contributed by atoms with E-state index in [0.29, 0.717) is 5.41 Å². The van der Waals surface area contributed by atoms with Crippen LogP contribution >= 0.6 is 0 Å². The summed E-state index contributed by atoms with van der Waals surface area (Å²) in [6, 6.07) is 0. The summed E-state index contributed by atoms with van der Waals surface area (Å²) in [6.45, 7) is 10.5. The van der Waals surface area contributed by atoms with Crippen LogP contribution < -0.4 is 5.73 Å². The topological polar surface area (TPSA) is 49.5 Å². The van der Waals surface area contributed by atoms with Crippen LogP contribution in [0.5, 0.6) is 0 Å². The van der Waals surface area contributed by atoms with Crippen LogP contribution in [0.25, 0.3) is 0 Å². The van der Waals surface area contributed by atoms with Gasteiger partial charge in [0.1, 0.15) is 0 Å². The summed E-state index contributed by atoms with van der Waals surface area (Å²) in [6.07, 6.45) is 6.84. The first-order valence-electron chi connectivity index (χ1n) is 7.59. The first-order chi connectivity index (χ1) is 8.47. The molecular formula is C15H32N2O. The molecule has 3 N–H and O–H groups in total. The number of hydrogen-bond donors (Lipinski definition) is 2. The molecule has 0 bridgehead atoms. The minimum absolute atomic E-state index is 0.109. The van der Waals surface area contributed by atoms with Gasteiger partial charge in [0.15, 0.2) is 0 Å². The van der Waals surface area contributed by atoms with Gasteiger partial charge in [-0.1, -0.05) is 27.2 Å². The minimum Gasteiger partial charge on any atom is -0.394 e. The highest BCUT2D eigenvalue weighted by Gasteiger charge is 2.28. The van der Waals surface area contributed by atoms with E-state index in [1.807, 2.05) is 0 Å². The Balaban J connectivity index is 2.22. The largest absolute Gasteiger partial charge is 0.394 e. The highest BCUT2D eigenvalue weighted by molar-refractivity contribution is 4.84. The normalized spacial score (nSPS) is 23.8. The lowest BCUT2D eigenvalue weighted by atomic mass is 9.78. The molecular weight excluding hydrogens is 224 g/mol. The van der Waals surface area contributed by atoms with Gasteiger partial charge in [-0.25, -0.2) is 0 Å². The fourth-order valence-electron chi connectivity index (χ4n) is 2.69. The third-order valence-electron chi connectivity index (χ3n) is 5.08. The zero-order valence-electron chi connectivity index (χ0n) is 12.5. The van der Waals surface area contributed by atoms with Crippen LogP contribution in [0.3, 0.4) is 0 Å². The van der Waals surface area contributed by atoms with Gasteiger partial charge in [-0.15, -0.1) is 0 Å². The van der Waals surface area contributed by atoms with Gasteiger partial charge in [0.2, 0.25) is 0 Å². The third-order valence-corrected chi connectivity index (χ3v) is 5.08. The molecule has 1 rings (SSSR count). The van der Waals surface area contributed by atoms with Crippen molar-refractivity contribution in [3.63, 3.8) is 0 Å². The van der Waals surface area contributed by atoms with Gasteiger partial charge >= 0.3 is 0 Å². The summed E-state index contributed by atoms with van der Waals surface area (Å²) in [5.74, 6) is 0. The Morgan fingerprint density at radius 1 is 1.28 bits per heavy atom. The molecule has 0 aromatic carbocycles. The summed E-state index contributed by atoms with van der Waals surface area (Å²) >= 11 is 0. The molecule has 0 aromatic rings. The van der Waals surface area contributed by atoms with Crippen molar-refractivity contribution in [2.75, 3.05) is 26.2 Å². The van der Waals surface area contributed by atoms with Crippen molar-refractivity contribution in [3.05, 3.63) is 0 Å². The van der Waals surface area contributed by atoms with Crippen LogP contribution in [0.1, 0.15) is 59.3 Å². The van der Waals surface area contributed by atoms with Crippen molar-refractivity contribution in [1.29, 1.82) is 0 Å². The van der Waals surface area contributed by atoms with Crippen molar-refractivity contribution in [2.24, 2.45) is 11.1 Å². The van der Waals surface area contributed by atoms with Crippen LogP contribution in [0, 0.1) is 5.41 Å². The molecule has 108 valence electrons. The molecule has 1 atom stereocenters. The van der Waals surface area contributed by atoms with Crippen molar-refractivity contribution in [1.82, 2.24) is 4.90 Å². The van der Waals surface area contributed by atoms with E-state index < -0.39 is 0 Å². The fourth-order valence-corrected chi connectivity index (χ4v) is 2.69. The molecule has 0 amide bonds. The van der Waals surface area contributed by atoms with Crippen molar-refractivity contribution < 1.29 is 5.11 Å². The second-order valence-corrected chi connectivity index (χ2v) is 6.48. The monoisotopic (exact) mass is 256 g/mol. The van der Waals surface area contributed by atoms with E-state index in [9.17, 15) is 5.11 Å². The zero-order valence-corrected chi connectivity index (χ0v) is 12.5. The number of nitrogens with zero attached hydrogens (tertiary/aromatic N) is 1. The number of hydrogen-bond acceptors (Lipinski definition) is 3. The van der Waals surface area contributed by atoms with Crippen LogP contribution in [0.2, 0.25) is 0 Å². The molecule has 1 aliphatic rings. The summed E-state index contributed by atoms with van der Waals surface area (Å²) in [5.41, 5.74) is 6.33. The molecule has 3 nitrogen and oxygen atoms in total. The Kier molecular flexibility index (Phi) is 6.09. The zero-order chi connectivity index (χ0) is 13.6. The van der Waals surface area contributed by atoms with E-state index in [1.54, 1.807) is 0 Å². The number of nitrogens with two attached hydrogens (primary N) is 1. The second kappa shape index (κ2) is 6.88. The van der Waals surface area contributed by atoms with Crippen molar-refractivity contribution >= 4 is 0 Å². The van der Waals surface area contributed by atoms with Gasteiger partial charge in [0, 0.05) is 5.54 Å². The van der Waals surface area contributed by atoms with Gasteiger partial charge in [0.25, 0.3) is 0 Å².